The predicted octanol–water partition coefficient (Wildman–Crippen LogP) is 2.74. The van der Waals surface area contributed by atoms with Crippen molar-refractivity contribution >= 4 is 15.9 Å². The Labute approximate surface area is 53.7 Å². The van der Waals surface area contributed by atoms with Crippen LogP contribution in [0.4, 0.5) is 0 Å². The largest absolute Gasteiger partial charge is 0.0880 e. The topological polar surface area (TPSA) is 0 Å². The molecule has 0 nitrogen and oxygen atoms in total. The van der Waals surface area contributed by atoms with Gasteiger partial charge in [-0.3, -0.25) is 0 Å². The summed E-state index contributed by atoms with van der Waals surface area (Å²) in [6.07, 6.45) is 3.32. The second-order valence-corrected chi connectivity index (χ2v) is 1.99. The summed E-state index contributed by atoms with van der Waals surface area (Å²) in [6, 6.07) is 0. The Morgan fingerprint density at radius 3 is 2.29 bits per heavy atom. The molecule has 0 aromatic carbocycles. The summed E-state index contributed by atoms with van der Waals surface area (Å²) in [5.74, 6) is 0. The van der Waals surface area contributed by atoms with E-state index in [1.54, 1.807) is 0 Å². The molecule has 0 heterocycles. The molecule has 0 aliphatic carbocycles. The third-order valence-corrected chi connectivity index (χ3v) is 1.75. The molecule has 0 atom stereocenters. The van der Waals surface area contributed by atoms with Gasteiger partial charge in [0.25, 0.3) is 0 Å². The molecule has 0 aromatic heterocycles. The maximum Gasteiger partial charge on any atom is 0.0241 e. The second kappa shape index (κ2) is 4.38. The summed E-state index contributed by atoms with van der Waals surface area (Å²) >= 11 is 3.37. The minimum absolute atomic E-state index is 1.03. The van der Waals surface area contributed by atoms with E-state index < -0.39 is 0 Å². The van der Waals surface area contributed by atoms with Gasteiger partial charge < -0.3 is 0 Å². The molecule has 0 radical (unpaired) electrons. The Kier molecular flexibility index (Phi) is 4.52. The number of hydrogen-bond acceptors (Lipinski definition) is 0. The van der Waals surface area contributed by atoms with Crippen molar-refractivity contribution in [1.29, 1.82) is 0 Å². The summed E-state index contributed by atoms with van der Waals surface area (Å²) in [4.78, 5) is 0. The second-order valence-electron chi connectivity index (χ2n) is 1.43. The monoisotopic (exact) mass is 162 g/mol. The fourth-order valence-electron chi connectivity index (χ4n) is 0.376. The molecule has 0 spiro atoms. The quantitative estimate of drug-likeness (QED) is 0.433. The maximum atomic E-state index is 3.37. The van der Waals surface area contributed by atoms with Crippen molar-refractivity contribution in [1.82, 2.24) is 0 Å². The Hall–Kier alpha value is 0.220. The van der Waals surface area contributed by atoms with Crippen LogP contribution < -0.4 is 0 Å². The van der Waals surface area contributed by atoms with Gasteiger partial charge in [-0.2, -0.15) is 0 Å². The molecule has 0 N–H and O–H groups in total. The SMILES string of the molecule is C/C=C(\CC)CBr. The van der Waals surface area contributed by atoms with Gasteiger partial charge in [0.2, 0.25) is 0 Å². The average Bonchev–Trinajstić information content (AvgIpc) is 1.72. The van der Waals surface area contributed by atoms with E-state index in [-0.39, 0.29) is 0 Å². The van der Waals surface area contributed by atoms with Gasteiger partial charge in [0.15, 0.2) is 0 Å². The average molecular weight is 163 g/mol. The molecule has 0 aromatic rings. The molecule has 0 saturated heterocycles. The van der Waals surface area contributed by atoms with Gasteiger partial charge >= 0.3 is 0 Å². The number of hydrogen-bond donors (Lipinski definition) is 0. The van der Waals surface area contributed by atoms with Crippen molar-refractivity contribution in [3.8, 4) is 0 Å². The van der Waals surface area contributed by atoms with Crippen molar-refractivity contribution in [2.24, 2.45) is 0 Å². The van der Waals surface area contributed by atoms with Crippen molar-refractivity contribution in [3.05, 3.63) is 11.6 Å². The Morgan fingerprint density at radius 1 is 1.71 bits per heavy atom. The van der Waals surface area contributed by atoms with Crippen LogP contribution in [0.3, 0.4) is 0 Å². The zero-order valence-corrected chi connectivity index (χ0v) is 6.46. The van der Waals surface area contributed by atoms with Crippen LogP contribution in [0.25, 0.3) is 0 Å². The maximum absolute atomic E-state index is 3.37. The number of rotatable bonds is 2. The fraction of sp³-hybridized carbons (Fsp3) is 0.667. The first-order chi connectivity index (χ1) is 3.35. The Morgan fingerprint density at radius 2 is 2.29 bits per heavy atom. The number of halogens is 1. The zero-order valence-electron chi connectivity index (χ0n) is 4.87. The lowest BCUT2D eigenvalue weighted by atomic mass is 10.2. The normalized spacial score (nSPS) is 12.1. The highest BCUT2D eigenvalue weighted by atomic mass is 79.9. The smallest absolute Gasteiger partial charge is 0.0241 e. The summed E-state index contributed by atoms with van der Waals surface area (Å²) in [5.41, 5.74) is 1.47. The standard InChI is InChI=1S/C6H11Br/c1-3-6(4-2)5-7/h3H,4-5H2,1-2H3/b6-3+. The highest BCUT2D eigenvalue weighted by molar-refractivity contribution is 9.09. The molecule has 42 valence electrons. The molecule has 0 amide bonds. The molecule has 0 saturated carbocycles. The first-order valence-electron chi connectivity index (χ1n) is 2.55. The summed E-state index contributed by atoms with van der Waals surface area (Å²) in [6.45, 7) is 4.23. The lowest BCUT2D eigenvalue weighted by Gasteiger charge is -1.91. The van der Waals surface area contributed by atoms with Crippen LogP contribution in [0.15, 0.2) is 11.6 Å². The molecule has 0 bridgehead atoms. The van der Waals surface area contributed by atoms with Crippen LogP contribution in [-0.2, 0) is 0 Å². The van der Waals surface area contributed by atoms with E-state index in [9.17, 15) is 0 Å². The lowest BCUT2D eigenvalue weighted by molar-refractivity contribution is 1.10. The van der Waals surface area contributed by atoms with Crippen LogP contribution in [-0.4, -0.2) is 5.33 Å². The van der Waals surface area contributed by atoms with Crippen LogP contribution in [0.1, 0.15) is 20.3 Å². The predicted molar refractivity (Wildman–Crippen MR) is 37.8 cm³/mol. The van der Waals surface area contributed by atoms with Gasteiger partial charge in [-0.05, 0) is 13.3 Å². The molecular weight excluding hydrogens is 152 g/mol. The van der Waals surface area contributed by atoms with E-state index in [0.717, 1.165) is 5.33 Å². The minimum atomic E-state index is 1.03. The Balaban J connectivity index is 3.38. The van der Waals surface area contributed by atoms with Crippen molar-refractivity contribution < 1.29 is 0 Å². The fourth-order valence-corrected chi connectivity index (χ4v) is 1.10. The molecule has 7 heavy (non-hydrogen) atoms. The van der Waals surface area contributed by atoms with Crippen molar-refractivity contribution in [2.75, 3.05) is 5.33 Å². The van der Waals surface area contributed by atoms with E-state index in [0.29, 0.717) is 0 Å². The van der Waals surface area contributed by atoms with Gasteiger partial charge in [-0.1, -0.05) is 34.5 Å². The van der Waals surface area contributed by atoms with Crippen molar-refractivity contribution in [3.63, 3.8) is 0 Å². The summed E-state index contributed by atoms with van der Waals surface area (Å²) in [5, 5.41) is 1.03. The van der Waals surface area contributed by atoms with Gasteiger partial charge in [0.05, 0.1) is 0 Å². The van der Waals surface area contributed by atoms with Gasteiger partial charge in [-0.15, -0.1) is 0 Å². The highest BCUT2D eigenvalue weighted by Crippen LogP contribution is 2.02. The first-order valence-corrected chi connectivity index (χ1v) is 3.67. The number of alkyl halides is 1. The third-order valence-electron chi connectivity index (χ3n) is 1.03. The zero-order chi connectivity index (χ0) is 5.70. The van der Waals surface area contributed by atoms with E-state index in [1.165, 1.54) is 12.0 Å². The Bertz CT molecular complexity index is 58.6. The summed E-state index contributed by atoms with van der Waals surface area (Å²) in [7, 11) is 0. The van der Waals surface area contributed by atoms with E-state index >= 15 is 0 Å². The molecular formula is C6H11Br. The van der Waals surface area contributed by atoms with Gasteiger partial charge in [-0.25, -0.2) is 0 Å². The van der Waals surface area contributed by atoms with Crippen LogP contribution in [0.2, 0.25) is 0 Å². The minimum Gasteiger partial charge on any atom is -0.0880 e. The van der Waals surface area contributed by atoms with E-state index in [2.05, 4.69) is 35.9 Å². The van der Waals surface area contributed by atoms with Gasteiger partial charge in [0.1, 0.15) is 0 Å². The van der Waals surface area contributed by atoms with E-state index in [4.69, 9.17) is 0 Å². The summed E-state index contributed by atoms with van der Waals surface area (Å²) < 4.78 is 0. The molecule has 1 heteroatoms. The van der Waals surface area contributed by atoms with E-state index in [1.807, 2.05) is 0 Å². The van der Waals surface area contributed by atoms with Crippen LogP contribution in [0.5, 0.6) is 0 Å². The van der Waals surface area contributed by atoms with Gasteiger partial charge in [0, 0.05) is 5.33 Å². The number of allylic oxidation sites excluding steroid dienone is 2. The molecule has 0 aliphatic heterocycles. The molecule has 0 unspecified atom stereocenters. The third kappa shape index (κ3) is 2.86. The molecule has 0 rings (SSSR count). The van der Waals surface area contributed by atoms with Crippen LogP contribution >= 0.6 is 15.9 Å². The highest BCUT2D eigenvalue weighted by Gasteiger charge is 1.83. The van der Waals surface area contributed by atoms with Crippen molar-refractivity contribution in [2.45, 2.75) is 20.3 Å². The molecule has 0 fully saturated rings. The first kappa shape index (κ1) is 7.22. The van der Waals surface area contributed by atoms with Crippen LogP contribution in [0, 0.1) is 0 Å². The molecule has 0 aliphatic rings. The lowest BCUT2D eigenvalue weighted by Crippen LogP contribution is -1.77.